The van der Waals surface area contributed by atoms with Crippen LogP contribution < -0.4 is 10.2 Å². The van der Waals surface area contributed by atoms with Crippen molar-refractivity contribution in [3.05, 3.63) is 59.8 Å². The van der Waals surface area contributed by atoms with E-state index in [9.17, 15) is 10.1 Å². The number of benzene rings is 1. The predicted molar refractivity (Wildman–Crippen MR) is 110 cm³/mol. The molecule has 2 aromatic rings. The van der Waals surface area contributed by atoms with Gasteiger partial charge in [0.05, 0.1) is 11.6 Å². The van der Waals surface area contributed by atoms with E-state index in [0.29, 0.717) is 12.1 Å². The Hall–Kier alpha value is -2.91. The van der Waals surface area contributed by atoms with Crippen LogP contribution in [0.5, 0.6) is 0 Å². The second-order valence-electron chi connectivity index (χ2n) is 7.24. The van der Waals surface area contributed by atoms with Crippen molar-refractivity contribution in [2.45, 2.75) is 25.8 Å². The summed E-state index contributed by atoms with van der Waals surface area (Å²) in [7, 11) is 0. The van der Waals surface area contributed by atoms with Crippen LogP contribution in [0.15, 0.2) is 48.7 Å². The number of piperazine rings is 1. The second kappa shape index (κ2) is 9.34. The highest BCUT2D eigenvalue weighted by molar-refractivity contribution is 5.81. The van der Waals surface area contributed by atoms with E-state index in [2.05, 4.69) is 45.2 Å². The molecule has 28 heavy (non-hydrogen) atoms. The molecule has 1 N–H and O–H groups in total. The minimum absolute atomic E-state index is 0.0618. The van der Waals surface area contributed by atoms with Crippen molar-refractivity contribution in [1.82, 2.24) is 15.2 Å². The quantitative estimate of drug-likeness (QED) is 0.837. The lowest BCUT2D eigenvalue weighted by molar-refractivity contribution is -0.126. The topological polar surface area (TPSA) is 72.3 Å². The molecule has 0 saturated carbocycles. The molecular formula is C22H27N5O. The molecule has 1 amide bonds. The van der Waals surface area contributed by atoms with Gasteiger partial charge in [-0.25, -0.2) is 4.98 Å². The number of carbonyl (C=O) groups excluding carboxylic acids is 1. The third-order valence-electron chi connectivity index (χ3n) is 5.40. The average Bonchev–Trinajstić information content (AvgIpc) is 2.77. The predicted octanol–water partition coefficient (Wildman–Crippen LogP) is 2.38. The molecule has 6 heteroatoms. The molecule has 146 valence electrons. The molecule has 1 aliphatic rings. The van der Waals surface area contributed by atoms with Crippen LogP contribution in [0.1, 0.15) is 30.9 Å². The van der Waals surface area contributed by atoms with E-state index in [1.54, 1.807) is 18.3 Å². The molecule has 0 radical (unpaired) electrons. The van der Waals surface area contributed by atoms with Gasteiger partial charge < -0.3 is 10.2 Å². The molecule has 0 bridgehead atoms. The number of carbonyl (C=O) groups is 1. The summed E-state index contributed by atoms with van der Waals surface area (Å²) in [5, 5.41) is 12.4. The summed E-state index contributed by atoms with van der Waals surface area (Å²) in [5.74, 6) is 1.08. The fraction of sp³-hybridized carbons (Fsp3) is 0.409. The van der Waals surface area contributed by atoms with Gasteiger partial charge in [0.1, 0.15) is 11.9 Å². The lowest BCUT2D eigenvalue weighted by Gasteiger charge is -2.38. The highest BCUT2D eigenvalue weighted by Gasteiger charge is 2.27. The number of pyridine rings is 1. The third-order valence-corrected chi connectivity index (χ3v) is 5.40. The molecule has 3 rings (SSSR count). The molecule has 1 saturated heterocycles. The maximum Gasteiger partial charge on any atom is 0.237 e. The summed E-state index contributed by atoms with van der Waals surface area (Å²) in [6.07, 6.45) is 1.71. The van der Waals surface area contributed by atoms with Crippen LogP contribution in [0, 0.1) is 11.3 Å². The van der Waals surface area contributed by atoms with Gasteiger partial charge in [-0.3, -0.25) is 9.69 Å². The molecule has 2 unspecified atom stereocenters. The number of nitriles is 1. The fourth-order valence-electron chi connectivity index (χ4n) is 3.52. The van der Waals surface area contributed by atoms with Gasteiger partial charge in [0.2, 0.25) is 5.91 Å². The maximum atomic E-state index is 12.6. The van der Waals surface area contributed by atoms with Gasteiger partial charge in [0, 0.05) is 38.9 Å². The molecule has 1 aliphatic heterocycles. The van der Waals surface area contributed by atoms with E-state index in [1.165, 1.54) is 5.56 Å². The Morgan fingerprint density at radius 2 is 1.86 bits per heavy atom. The van der Waals surface area contributed by atoms with Gasteiger partial charge in [0.25, 0.3) is 0 Å². The van der Waals surface area contributed by atoms with Crippen molar-refractivity contribution in [2.24, 2.45) is 0 Å². The highest BCUT2D eigenvalue weighted by Crippen LogP contribution is 2.19. The minimum Gasteiger partial charge on any atom is -0.354 e. The lowest BCUT2D eigenvalue weighted by Crippen LogP contribution is -2.54. The summed E-state index contributed by atoms with van der Waals surface area (Å²) in [5.41, 5.74) is 1.82. The number of amides is 1. The zero-order chi connectivity index (χ0) is 19.9. The van der Waals surface area contributed by atoms with Crippen LogP contribution in [0.25, 0.3) is 0 Å². The van der Waals surface area contributed by atoms with Gasteiger partial charge in [-0.2, -0.15) is 5.26 Å². The average molecular weight is 377 g/mol. The van der Waals surface area contributed by atoms with Crippen LogP contribution >= 0.6 is 0 Å². The number of hydrogen-bond donors (Lipinski definition) is 1. The van der Waals surface area contributed by atoms with E-state index < -0.39 is 0 Å². The van der Waals surface area contributed by atoms with Crippen LogP contribution in [0.3, 0.4) is 0 Å². The lowest BCUT2D eigenvalue weighted by atomic mass is 10.0. The van der Waals surface area contributed by atoms with E-state index >= 15 is 0 Å². The highest BCUT2D eigenvalue weighted by atomic mass is 16.2. The SMILES string of the molecule is CC(CNC(=O)C(C)N1CCN(c2ncccc2C#N)CC1)c1ccccc1. The third kappa shape index (κ3) is 4.68. The van der Waals surface area contributed by atoms with Crippen molar-refractivity contribution in [1.29, 1.82) is 5.26 Å². The maximum absolute atomic E-state index is 12.6. The summed E-state index contributed by atoms with van der Waals surface area (Å²) < 4.78 is 0. The molecule has 1 fully saturated rings. The molecule has 1 aromatic heterocycles. The first-order valence-corrected chi connectivity index (χ1v) is 9.77. The first kappa shape index (κ1) is 19.8. The van der Waals surface area contributed by atoms with Crippen molar-refractivity contribution in [2.75, 3.05) is 37.6 Å². The molecular weight excluding hydrogens is 350 g/mol. The van der Waals surface area contributed by atoms with E-state index in [-0.39, 0.29) is 17.9 Å². The van der Waals surface area contributed by atoms with Gasteiger partial charge in [0.15, 0.2) is 0 Å². The Morgan fingerprint density at radius 3 is 2.54 bits per heavy atom. The monoisotopic (exact) mass is 377 g/mol. The van der Waals surface area contributed by atoms with Gasteiger partial charge in [-0.05, 0) is 30.5 Å². The van der Waals surface area contributed by atoms with Crippen LogP contribution in [-0.2, 0) is 4.79 Å². The first-order chi connectivity index (χ1) is 13.6. The van der Waals surface area contributed by atoms with E-state index in [0.717, 1.165) is 32.0 Å². The Morgan fingerprint density at radius 1 is 1.14 bits per heavy atom. The van der Waals surface area contributed by atoms with Gasteiger partial charge in [-0.1, -0.05) is 37.3 Å². The van der Waals surface area contributed by atoms with Crippen LogP contribution in [0.2, 0.25) is 0 Å². The van der Waals surface area contributed by atoms with E-state index in [4.69, 9.17) is 0 Å². The van der Waals surface area contributed by atoms with Crippen molar-refractivity contribution < 1.29 is 4.79 Å². The zero-order valence-electron chi connectivity index (χ0n) is 16.5. The molecule has 6 nitrogen and oxygen atoms in total. The van der Waals surface area contributed by atoms with Crippen molar-refractivity contribution >= 4 is 11.7 Å². The normalized spacial score (nSPS) is 16.8. The van der Waals surface area contributed by atoms with Gasteiger partial charge in [-0.15, -0.1) is 0 Å². The zero-order valence-corrected chi connectivity index (χ0v) is 16.5. The summed E-state index contributed by atoms with van der Waals surface area (Å²) >= 11 is 0. The van der Waals surface area contributed by atoms with Crippen LogP contribution in [0.4, 0.5) is 5.82 Å². The molecule has 0 spiro atoms. The number of aromatic nitrogens is 1. The number of nitrogens with zero attached hydrogens (tertiary/aromatic N) is 4. The Labute approximate surface area is 166 Å². The molecule has 1 aromatic carbocycles. The number of nitrogens with one attached hydrogen (secondary N) is 1. The Kier molecular flexibility index (Phi) is 6.62. The smallest absolute Gasteiger partial charge is 0.237 e. The Balaban J connectivity index is 1.50. The largest absolute Gasteiger partial charge is 0.354 e. The number of hydrogen-bond acceptors (Lipinski definition) is 5. The van der Waals surface area contributed by atoms with E-state index in [1.807, 2.05) is 25.1 Å². The van der Waals surface area contributed by atoms with Gasteiger partial charge >= 0.3 is 0 Å². The number of rotatable bonds is 6. The van der Waals surface area contributed by atoms with Crippen molar-refractivity contribution in [3.8, 4) is 6.07 Å². The molecule has 0 aliphatic carbocycles. The Bertz CT molecular complexity index is 824. The second-order valence-corrected chi connectivity index (χ2v) is 7.24. The fourth-order valence-corrected chi connectivity index (χ4v) is 3.52. The molecule has 2 heterocycles. The summed E-state index contributed by atoms with van der Waals surface area (Å²) in [6, 6.07) is 15.8. The van der Waals surface area contributed by atoms with Crippen LogP contribution in [-0.4, -0.2) is 54.6 Å². The summed E-state index contributed by atoms with van der Waals surface area (Å²) in [4.78, 5) is 21.3. The summed E-state index contributed by atoms with van der Waals surface area (Å²) in [6.45, 7) is 7.76. The minimum atomic E-state index is -0.177. The van der Waals surface area contributed by atoms with Crippen molar-refractivity contribution in [3.63, 3.8) is 0 Å². The first-order valence-electron chi connectivity index (χ1n) is 9.77. The number of anilines is 1. The standard InChI is InChI=1S/C22H27N5O/c1-17(19-7-4-3-5-8-19)16-25-22(28)18(2)26-11-13-27(14-12-26)21-20(15-23)9-6-10-24-21/h3-10,17-18H,11-14,16H2,1-2H3,(H,25,28). The molecule has 2 atom stereocenters.